The molecule has 0 unspecified atom stereocenters. The van der Waals surface area contributed by atoms with Crippen molar-refractivity contribution >= 4 is 15.9 Å². The highest BCUT2D eigenvalue weighted by Crippen LogP contribution is 2.26. The Bertz CT molecular complexity index is 388. The van der Waals surface area contributed by atoms with Crippen LogP contribution in [0.5, 0.6) is 0 Å². The molecule has 1 N–H and O–H groups in total. The third-order valence-corrected chi connectivity index (χ3v) is 4.58. The summed E-state index contributed by atoms with van der Waals surface area (Å²) in [5, 5.41) is 3.57. The molecular weight excluding hydrogens is 293 g/mol. The molecule has 1 aliphatic carbocycles. The Morgan fingerprint density at radius 2 is 2.06 bits per heavy atom. The van der Waals surface area contributed by atoms with Gasteiger partial charge in [0.15, 0.2) is 0 Å². The number of benzene rings is 1. The SMILES string of the molecule is C[C@@H](NCc1ccc(F)c(Br)c1)C1CCCCC1. The van der Waals surface area contributed by atoms with Crippen LogP contribution in [0.2, 0.25) is 0 Å². The Balaban J connectivity index is 1.84. The number of halogens is 2. The molecule has 0 spiro atoms. The fraction of sp³-hybridized carbons (Fsp3) is 0.600. The molecule has 1 aliphatic rings. The average Bonchev–Trinajstić information content (AvgIpc) is 2.41. The number of hydrogen-bond acceptors (Lipinski definition) is 1. The van der Waals surface area contributed by atoms with Gasteiger partial charge in [0.25, 0.3) is 0 Å². The van der Waals surface area contributed by atoms with E-state index in [9.17, 15) is 4.39 Å². The van der Waals surface area contributed by atoms with Crippen LogP contribution in [0.3, 0.4) is 0 Å². The van der Waals surface area contributed by atoms with Crippen LogP contribution in [-0.4, -0.2) is 6.04 Å². The first-order chi connectivity index (χ1) is 8.66. The zero-order chi connectivity index (χ0) is 13.0. The predicted octanol–water partition coefficient (Wildman–Crippen LogP) is 4.65. The van der Waals surface area contributed by atoms with E-state index < -0.39 is 0 Å². The lowest BCUT2D eigenvalue weighted by Crippen LogP contribution is -2.34. The smallest absolute Gasteiger partial charge is 0.137 e. The maximum Gasteiger partial charge on any atom is 0.137 e. The summed E-state index contributed by atoms with van der Waals surface area (Å²) >= 11 is 3.23. The Morgan fingerprint density at radius 1 is 1.33 bits per heavy atom. The van der Waals surface area contributed by atoms with Crippen molar-refractivity contribution in [3.63, 3.8) is 0 Å². The van der Waals surface area contributed by atoms with Gasteiger partial charge in [-0.15, -0.1) is 0 Å². The van der Waals surface area contributed by atoms with E-state index in [1.54, 1.807) is 0 Å². The Labute approximate surface area is 117 Å². The summed E-state index contributed by atoms with van der Waals surface area (Å²) in [7, 11) is 0. The van der Waals surface area contributed by atoms with Gasteiger partial charge < -0.3 is 5.32 Å². The molecule has 0 bridgehead atoms. The molecule has 1 nitrogen and oxygen atoms in total. The maximum atomic E-state index is 13.1. The van der Waals surface area contributed by atoms with E-state index >= 15 is 0 Å². The first kappa shape index (κ1) is 14.0. The maximum absolute atomic E-state index is 13.1. The second-order valence-corrected chi connectivity index (χ2v) is 6.17. The van der Waals surface area contributed by atoms with Crippen molar-refractivity contribution in [1.29, 1.82) is 0 Å². The lowest BCUT2D eigenvalue weighted by atomic mass is 9.84. The number of rotatable bonds is 4. The Kier molecular flexibility index (Phi) is 5.19. The average molecular weight is 314 g/mol. The second-order valence-electron chi connectivity index (χ2n) is 5.32. The van der Waals surface area contributed by atoms with Gasteiger partial charge in [0.05, 0.1) is 4.47 Å². The predicted molar refractivity (Wildman–Crippen MR) is 77.0 cm³/mol. The highest BCUT2D eigenvalue weighted by molar-refractivity contribution is 9.10. The van der Waals surface area contributed by atoms with Gasteiger partial charge in [-0.25, -0.2) is 4.39 Å². The number of hydrogen-bond donors (Lipinski definition) is 1. The second kappa shape index (κ2) is 6.67. The van der Waals surface area contributed by atoms with Gasteiger partial charge in [-0.1, -0.05) is 25.3 Å². The molecule has 0 amide bonds. The lowest BCUT2D eigenvalue weighted by Gasteiger charge is -2.28. The molecule has 0 saturated heterocycles. The minimum atomic E-state index is -0.195. The van der Waals surface area contributed by atoms with Crippen LogP contribution in [0, 0.1) is 11.7 Å². The first-order valence-corrected chi connectivity index (χ1v) is 7.63. The van der Waals surface area contributed by atoms with Gasteiger partial charge in [-0.05, 0) is 59.3 Å². The topological polar surface area (TPSA) is 12.0 Å². The fourth-order valence-electron chi connectivity index (χ4n) is 2.73. The fourth-order valence-corrected chi connectivity index (χ4v) is 3.16. The van der Waals surface area contributed by atoms with E-state index in [0.29, 0.717) is 10.5 Å². The highest BCUT2D eigenvalue weighted by Gasteiger charge is 2.19. The number of nitrogens with one attached hydrogen (secondary N) is 1. The normalized spacial score (nSPS) is 18.8. The molecule has 1 atom stereocenters. The van der Waals surface area contributed by atoms with Crippen LogP contribution in [0.25, 0.3) is 0 Å². The van der Waals surface area contributed by atoms with Crippen LogP contribution < -0.4 is 5.32 Å². The third kappa shape index (κ3) is 3.79. The largest absolute Gasteiger partial charge is 0.310 e. The van der Waals surface area contributed by atoms with E-state index in [-0.39, 0.29) is 5.82 Å². The van der Waals surface area contributed by atoms with E-state index in [0.717, 1.165) is 18.0 Å². The van der Waals surface area contributed by atoms with Gasteiger partial charge in [0, 0.05) is 12.6 Å². The molecule has 1 aromatic carbocycles. The minimum Gasteiger partial charge on any atom is -0.310 e. The molecule has 2 rings (SSSR count). The van der Waals surface area contributed by atoms with Crippen LogP contribution in [0.4, 0.5) is 4.39 Å². The molecule has 18 heavy (non-hydrogen) atoms. The molecule has 100 valence electrons. The molecular formula is C15H21BrFN. The van der Waals surface area contributed by atoms with Crippen molar-refractivity contribution in [2.75, 3.05) is 0 Å². The van der Waals surface area contributed by atoms with E-state index in [1.807, 2.05) is 12.1 Å². The van der Waals surface area contributed by atoms with E-state index in [4.69, 9.17) is 0 Å². The quantitative estimate of drug-likeness (QED) is 0.853. The summed E-state index contributed by atoms with van der Waals surface area (Å²) in [6.07, 6.45) is 6.84. The summed E-state index contributed by atoms with van der Waals surface area (Å²) < 4.78 is 13.7. The summed E-state index contributed by atoms with van der Waals surface area (Å²) in [4.78, 5) is 0. The molecule has 0 heterocycles. The summed E-state index contributed by atoms with van der Waals surface area (Å²) in [6, 6.07) is 5.78. The van der Waals surface area contributed by atoms with Crippen molar-refractivity contribution in [1.82, 2.24) is 5.32 Å². The minimum absolute atomic E-state index is 0.195. The zero-order valence-electron chi connectivity index (χ0n) is 10.9. The zero-order valence-corrected chi connectivity index (χ0v) is 12.5. The van der Waals surface area contributed by atoms with Gasteiger partial charge in [-0.3, -0.25) is 0 Å². The van der Waals surface area contributed by atoms with Crippen molar-refractivity contribution in [2.45, 2.75) is 51.6 Å². The van der Waals surface area contributed by atoms with Crippen molar-refractivity contribution in [3.8, 4) is 0 Å². The van der Waals surface area contributed by atoms with Crippen LogP contribution in [0.15, 0.2) is 22.7 Å². The molecule has 1 fully saturated rings. The van der Waals surface area contributed by atoms with E-state index in [2.05, 4.69) is 28.2 Å². The van der Waals surface area contributed by atoms with Crippen LogP contribution in [-0.2, 0) is 6.54 Å². The summed E-state index contributed by atoms with van der Waals surface area (Å²) in [5.74, 6) is 0.613. The van der Waals surface area contributed by atoms with Gasteiger partial charge in [0.1, 0.15) is 5.82 Å². The first-order valence-electron chi connectivity index (χ1n) is 6.84. The van der Waals surface area contributed by atoms with Gasteiger partial charge in [0.2, 0.25) is 0 Å². The van der Waals surface area contributed by atoms with Crippen LogP contribution in [0.1, 0.15) is 44.6 Å². The Morgan fingerprint density at radius 3 is 2.72 bits per heavy atom. The van der Waals surface area contributed by atoms with Crippen LogP contribution >= 0.6 is 15.9 Å². The molecule has 3 heteroatoms. The molecule has 0 aliphatic heterocycles. The standard InChI is InChI=1S/C15H21BrFN/c1-11(13-5-3-2-4-6-13)18-10-12-7-8-15(17)14(16)9-12/h7-9,11,13,18H,2-6,10H2,1H3/t11-/m1/s1. The van der Waals surface area contributed by atoms with Crippen molar-refractivity contribution in [2.24, 2.45) is 5.92 Å². The molecule has 0 aromatic heterocycles. The van der Waals surface area contributed by atoms with Gasteiger partial charge in [-0.2, -0.15) is 0 Å². The van der Waals surface area contributed by atoms with E-state index in [1.165, 1.54) is 38.2 Å². The van der Waals surface area contributed by atoms with Gasteiger partial charge >= 0.3 is 0 Å². The highest BCUT2D eigenvalue weighted by atomic mass is 79.9. The van der Waals surface area contributed by atoms with Crippen molar-refractivity contribution < 1.29 is 4.39 Å². The monoisotopic (exact) mass is 313 g/mol. The molecule has 1 aromatic rings. The lowest BCUT2D eigenvalue weighted by molar-refractivity contribution is 0.280. The van der Waals surface area contributed by atoms with Crippen molar-refractivity contribution in [3.05, 3.63) is 34.1 Å². The summed E-state index contributed by atoms with van der Waals surface area (Å²) in [5.41, 5.74) is 1.13. The molecule has 1 saturated carbocycles. The summed E-state index contributed by atoms with van der Waals surface area (Å²) in [6.45, 7) is 3.09. The molecule has 0 radical (unpaired) electrons. The third-order valence-electron chi connectivity index (χ3n) is 3.97. The Hall–Kier alpha value is -0.410.